The summed E-state index contributed by atoms with van der Waals surface area (Å²) in [4.78, 5) is 0.115. The quantitative estimate of drug-likeness (QED) is 0.765. The largest absolute Gasteiger partial charge is 0.452 e. The van der Waals surface area contributed by atoms with Crippen LogP contribution in [-0.4, -0.2) is 38.0 Å². The lowest BCUT2D eigenvalue weighted by Gasteiger charge is -2.34. The number of rotatable bonds is 3. The second kappa shape index (κ2) is 5.73. The number of sulfonamides is 1. The van der Waals surface area contributed by atoms with Crippen molar-refractivity contribution in [3.63, 3.8) is 0 Å². The highest BCUT2D eigenvalue weighted by Gasteiger charge is 2.34. The molecule has 2 heterocycles. The summed E-state index contributed by atoms with van der Waals surface area (Å²) < 4.78 is 37.5. The Morgan fingerprint density at radius 2 is 2.00 bits per heavy atom. The minimum absolute atomic E-state index is 0.115. The predicted octanol–water partition coefficient (Wildman–Crippen LogP) is 2.58. The molecule has 0 spiro atoms. The fourth-order valence-corrected chi connectivity index (χ4v) is 4.79. The first-order chi connectivity index (χ1) is 8.84. The molecule has 0 N–H and O–H groups in total. The minimum atomic E-state index is -3.59. The van der Waals surface area contributed by atoms with Crippen LogP contribution in [0.3, 0.4) is 0 Å². The van der Waals surface area contributed by atoms with E-state index in [0.717, 1.165) is 0 Å². The Morgan fingerprint density at radius 1 is 1.42 bits per heavy atom. The van der Waals surface area contributed by atoms with Gasteiger partial charge in [0.15, 0.2) is 4.67 Å². The first-order valence-electron chi connectivity index (χ1n) is 5.84. The van der Waals surface area contributed by atoms with E-state index in [0.29, 0.717) is 18.8 Å². The fraction of sp³-hybridized carbons (Fsp3) is 0.636. The molecule has 2 rings (SSSR count). The molecular weight excluding hydrogens is 358 g/mol. The minimum Gasteiger partial charge on any atom is -0.452 e. The second-order valence-corrected chi connectivity index (χ2v) is 7.46. The standard InChI is InChI=1S/C11H15BrClNO4S/c1-7-5-14(6-8(2)17-7)19(15,16)10-3-9(4-13)18-11(10)12/h3,7-8H,4-6H2,1-2H3. The Balaban J connectivity index is 2.33. The van der Waals surface area contributed by atoms with Gasteiger partial charge in [0.2, 0.25) is 10.0 Å². The summed E-state index contributed by atoms with van der Waals surface area (Å²) in [5.41, 5.74) is 0. The third-order valence-corrected chi connectivity index (χ3v) is 5.79. The van der Waals surface area contributed by atoms with Gasteiger partial charge in [-0.2, -0.15) is 4.31 Å². The Hall–Kier alpha value is -0.0800. The van der Waals surface area contributed by atoms with Crippen molar-refractivity contribution >= 4 is 37.6 Å². The molecule has 0 saturated carbocycles. The van der Waals surface area contributed by atoms with Crippen molar-refractivity contribution in [1.29, 1.82) is 0 Å². The number of nitrogens with zero attached hydrogens (tertiary/aromatic N) is 1. The molecule has 5 nitrogen and oxygen atoms in total. The zero-order chi connectivity index (χ0) is 14.2. The summed E-state index contributed by atoms with van der Waals surface area (Å²) in [5.74, 6) is 0.547. The topological polar surface area (TPSA) is 59.8 Å². The molecule has 0 bridgehead atoms. The van der Waals surface area contributed by atoms with E-state index in [1.165, 1.54) is 10.4 Å². The highest BCUT2D eigenvalue weighted by Crippen LogP contribution is 2.30. The molecule has 0 amide bonds. The lowest BCUT2D eigenvalue weighted by atomic mass is 10.3. The average Bonchev–Trinajstić information content (AvgIpc) is 2.70. The molecule has 19 heavy (non-hydrogen) atoms. The summed E-state index contributed by atoms with van der Waals surface area (Å²) in [6.07, 6.45) is -0.256. The number of furan rings is 1. The molecule has 108 valence electrons. The van der Waals surface area contributed by atoms with Gasteiger partial charge in [0, 0.05) is 19.2 Å². The van der Waals surface area contributed by atoms with Gasteiger partial charge >= 0.3 is 0 Å². The Labute approximate surface area is 126 Å². The van der Waals surface area contributed by atoms with Crippen molar-refractivity contribution in [2.24, 2.45) is 0 Å². The Bertz CT molecular complexity index is 549. The van der Waals surface area contributed by atoms with Gasteiger partial charge in [-0.25, -0.2) is 8.42 Å². The first kappa shape index (κ1) is 15.3. The van der Waals surface area contributed by atoms with Crippen LogP contribution in [-0.2, 0) is 20.6 Å². The maximum Gasteiger partial charge on any atom is 0.247 e. The van der Waals surface area contributed by atoms with Crippen molar-refractivity contribution in [3.05, 3.63) is 16.5 Å². The van der Waals surface area contributed by atoms with Gasteiger partial charge in [-0.1, -0.05) is 0 Å². The zero-order valence-electron chi connectivity index (χ0n) is 10.6. The van der Waals surface area contributed by atoms with Crippen molar-refractivity contribution in [2.45, 2.75) is 36.8 Å². The van der Waals surface area contributed by atoms with Crippen LogP contribution in [0.15, 0.2) is 20.0 Å². The van der Waals surface area contributed by atoms with Crippen molar-refractivity contribution in [2.75, 3.05) is 13.1 Å². The number of halogens is 2. The molecule has 0 radical (unpaired) electrons. The fourth-order valence-electron chi connectivity index (χ4n) is 2.11. The van der Waals surface area contributed by atoms with E-state index < -0.39 is 10.0 Å². The van der Waals surface area contributed by atoms with Crippen molar-refractivity contribution < 1.29 is 17.6 Å². The van der Waals surface area contributed by atoms with Gasteiger partial charge in [-0.3, -0.25) is 0 Å². The van der Waals surface area contributed by atoms with Gasteiger partial charge in [0.25, 0.3) is 0 Å². The average molecular weight is 373 g/mol. The molecule has 1 aliphatic heterocycles. The summed E-state index contributed by atoms with van der Waals surface area (Å²) >= 11 is 8.78. The zero-order valence-corrected chi connectivity index (χ0v) is 13.8. The van der Waals surface area contributed by atoms with Crippen LogP contribution in [0.5, 0.6) is 0 Å². The van der Waals surface area contributed by atoms with E-state index >= 15 is 0 Å². The smallest absolute Gasteiger partial charge is 0.247 e. The molecular formula is C11H15BrClNO4S. The van der Waals surface area contributed by atoms with Crippen LogP contribution < -0.4 is 0 Å². The van der Waals surface area contributed by atoms with E-state index in [-0.39, 0.29) is 27.7 Å². The molecule has 2 atom stereocenters. The summed E-state index contributed by atoms with van der Waals surface area (Å²) in [6, 6.07) is 1.46. The van der Waals surface area contributed by atoms with Crippen LogP contribution in [0.2, 0.25) is 0 Å². The van der Waals surface area contributed by atoms with E-state index in [1.54, 1.807) is 0 Å². The van der Waals surface area contributed by atoms with Crippen LogP contribution in [0.25, 0.3) is 0 Å². The molecule has 1 aromatic rings. The maximum atomic E-state index is 12.6. The van der Waals surface area contributed by atoms with Crippen LogP contribution >= 0.6 is 27.5 Å². The van der Waals surface area contributed by atoms with Crippen LogP contribution in [0.1, 0.15) is 19.6 Å². The monoisotopic (exact) mass is 371 g/mol. The number of hydrogen-bond donors (Lipinski definition) is 0. The molecule has 0 aromatic carbocycles. The number of hydrogen-bond acceptors (Lipinski definition) is 4. The van der Waals surface area contributed by atoms with E-state index in [2.05, 4.69) is 15.9 Å². The van der Waals surface area contributed by atoms with Crippen molar-refractivity contribution in [1.82, 2.24) is 4.31 Å². The third-order valence-electron chi connectivity index (χ3n) is 2.84. The SMILES string of the molecule is CC1CN(S(=O)(=O)c2cc(CCl)oc2Br)CC(C)O1. The van der Waals surface area contributed by atoms with Gasteiger partial charge in [0.1, 0.15) is 10.7 Å². The van der Waals surface area contributed by atoms with Gasteiger partial charge < -0.3 is 9.15 Å². The van der Waals surface area contributed by atoms with Gasteiger partial charge in [0.05, 0.1) is 18.1 Å². The van der Waals surface area contributed by atoms with Crippen LogP contribution in [0, 0.1) is 0 Å². The van der Waals surface area contributed by atoms with Crippen molar-refractivity contribution in [3.8, 4) is 0 Å². The normalized spacial score (nSPS) is 25.7. The Kier molecular flexibility index (Phi) is 4.62. The van der Waals surface area contributed by atoms with Gasteiger partial charge in [-0.15, -0.1) is 11.6 Å². The van der Waals surface area contributed by atoms with E-state index in [9.17, 15) is 8.42 Å². The molecule has 1 aliphatic rings. The number of morpholine rings is 1. The second-order valence-electron chi connectivity index (χ2n) is 4.56. The van der Waals surface area contributed by atoms with E-state index in [1.807, 2.05) is 13.8 Å². The highest BCUT2D eigenvalue weighted by molar-refractivity contribution is 9.10. The molecule has 1 aromatic heterocycles. The number of ether oxygens (including phenoxy) is 1. The molecule has 1 fully saturated rings. The predicted molar refractivity (Wildman–Crippen MR) is 74.7 cm³/mol. The highest BCUT2D eigenvalue weighted by atomic mass is 79.9. The lowest BCUT2D eigenvalue weighted by Crippen LogP contribution is -2.48. The molecule has 0 aliphatic carbocycles. The third kappa shape index (κ3) is 3.16. The van der Waals surface area contributed by atoms with Gasteiger partial charge in [-0.05, 0) is 29.8 Å². The summed E-state index contributed by atoms with van der Waals surface area (Å²) in [6.45, 7) is 4.38. The Morgan fingerprint density at radius 3 is 2.47 bits per heavy atom. The first-order valence-corrected chi connectivity index (χ1v) is 8.61. The molecule has 1 saturated heterocycles. The molecule has 2 unspecified atom stereocenters. The number of alkyl halides is 1. The molecule has 8 heteroatoms. The lowest BCUT2D eigenvalue weighted by molar-refractivity contribution is -0.0441. The van der Waals surface area contributed by atoms with Crippen LogP contribution in [0.4, 0.5) is 0 Å². The maximum absolute atomic E-state index is 12.6. The summed E-state index contributed by atoms with van der Waals surface area (Å²) in [5, 5.41) is 0. The summed E-state index contributed by atoms with van der Waals surface area (Å²) in [7, 11) is -3.59. The van der Waals surface area contributed by atoms with E-state index in [4.69, 9.17) is 20.8 Å².